The van der Waals surface area contributed by atoms with Gasteiger partial charge < -0.3 is 14.8 Å². The van der Waals surface area contributed by atoms with E-state index in [1.165, 1.54) is 25.7 Å². The van der Waals surface area contributed by atoms with E-state index in [1.54, 1.807) is 0 Å². The average Bonchev–Trinajstić information content (AvgIpc) is 3.11. The van der Waals surface area contributed by atoms with E-state index in [4.69, 9.17) is 13.8 Å². The third kappa shape index (κ3) is 4.10. The van der Waals surface area contributed by atoms with Crippen LogP contribution in [0.1, 0.15) is 67.9 Å². The summed E-state index contributed by atoms with van der Waals surface area (Å²) < 4.78 is 24.2. The number of nitrogens with zero attached hydrogens (tertiary/aromatic N) is 2. The van der Waals surface area contributed by atoms with E-state index >= 15 is 0 Å². The van der Waals surface area contributed by atoms with E-state index in [-0.39, 0.29) is 12.0 Å². The average molecular weight is 432 g/mol. The predicted octanol–water partition coefficient (Wildman–Crippen LogP) is 2.04. The van der Waals surface area contributed by atoms with Gasteiger partial charge in [0, 0.05) is 24.1 Å². The number of aromatic nitrogens is 3. The molecule has 9 heteroatoms. The summed E-state index contributed by atoms with van der Waals surface area (Å²) in [6.07, 6.45) is 9.74. The molecule has 3 N–H and O–H groups in total. The molecular formula is C21H29N5O3S. The Morgan fingerprint density at radius 2 is 2.07 bits per heavy atom. The molecule has 0 amide bonds. The number of hydroxylamine groups is 1. The molecule has 3 aliphatic carbocycles. The maximum Gasteiger partial charge on any atom is 0.204 e. The summed E-state index contributed by atoms with van der Waals surface area (Å²) in [6.45, 7) is 4.78. The molecule has 2 unspecified atom stereocenters. The number of nitrogens with one attached hydrogen (secondary N) is 3. The van der Waals surface area contributed by atoms with Crippen LogP contribution in [0.2, 0.25) is 0 Å². The van der Waals surface area contributed by atoms with Crippen molar-refractivity contribution in [2.24, 2.45) is 5.92 Å². The van der Waals surface area contributed by atoms with Gasteiger partial charge >= 0.3 is 0 Å². The molecule has 2 atom stereocenters. The Balaban J connectivity index is 1.46. The summed E-state index contributed by atoms with van der Waals surface area (Å²) in [5.41, 5.74) is 4.92. The standard InChI is InChI=1S/C21H29N5O3S/c1-12-19(13(2)28-25-12)15-9-17-20(24-21(23-17)22-11-14-7-8-14)18(10-15)30(27)29-26-16-5-3-4-6-16/h9,14-16,26H,3-8,10-11H2,1-2H3,(H2,22,23,24). The molecule has 0 radical (unpaired) electrons. The summed E-state index contributed by atoms with van der Waals surface area (Å²) >= 11 is -1.62. The fourth-order valence-electron chi connectivity index (χ4n) is 4.48. The minimum Gasteiger partial charge on any atom is -0.361 e. The van der Waals surface area contributed by atoms with Crippen molar-refractivity contribution in [2.75, 3.05) is 11.9 Å². The number of anilines is 1. The molecule has 0 aliphatic heterocycles. The largest absolute Gasteiger partial charge is 0.361 e. The molecule has 2 fully saturated rings. The highest BCUT2D eigenvalue weighted by atomic mass is 32.2. The summed E-state index contributed by atoms with van der Waals surface area (Å²) in [6, 6.07) is 0.275. The van der Waals surface area contributed by atoms with E-state index in [1.807, 2.05) is 13.8 Å². The third-order valence-corrected chi connectivity index (χ3v) is 7.34. The Kier molecular flexibility index (Phi) is 5.51. The lowest BCUT2D eigenvalue weighted by Gasteiger charge is -2.18. The van der Waals surface area contributed by atoms with Crippen LogP contribution in [0.25, 0.3) is 11.0 Å². The monoisotopic (exact) mass is 431 g/mol. The van der Waals surface area contributed by atoms with E-state index in [0.29, 0.717) is 11.3 Å². The fourth-order valence-corrected chi connectivity index (χ4v) is 5.43. The molecule has 0 aromatic carbocycles. The van der Waals surface area contributed by atoms with Crippen molar-refractivity contribution in [3.05, 3.63) is 27.7 Å². The van der Waals surface area contributed by atoms with Gasteiger partial charge in [0.25, 0.3) is 0 Å². The Labute approximate surface area is 178 Å². The van der Waals surface area contributed by atoms with Gasteiger partial charge in [0.15, 0.2) is 0 Å². The fraction of sp³-hybridized carbons (Fsp3) is 0.619. The van der Waals surface area contributed by atoms with Crippen LogP contribution in [0.5, 0.6) is 0 Å². The maximum atomic E-state index is 13.2. The molecule has 2 heterocycles. The number of hydrogen-bond donors (Lipinski definition) is 3. The molecule has 5 rings (SSSR count). The highest BCUT2D eigenvalue weighted by Gasteiger charge is 2.28. The van der Waals surface area contributed by atoms with E-state index < -0.39 is 11.1 Å². The number of aromatic amines is 1. The zero-order chi connectivity index (χ0) is 20.7. The first-order valence-corrected chi connectivity index (χ1v) is 12.0. The topological polar surface area (TPSA) is 105 Å². The molecule has 3 aliphatic rings. The summed E-state index contributed by atoms with van der Waals surface area (Å²) in [7, 11) is 0. The molecule has 0 spiro atoms. The highest BCUT2D eigenvalue weighted by Crippen LogP contribution is 2.33. The van der Waals surface area contributed by atoms with Crippen LogP contribution in [0, 0.1) is 19.8 Å². The Morgan fingerprint density at radius 3 is 2.77 bits per heavy atom. The van der Waals surface area contributed by atoms with Crippen molar-refractivity contribution in [2.45, 2.75) is 70.8 Å². The van der Waals surface area contributed by atoms with Crippen LogP contribution in [-0.4, -0.2) is 31.9 Å². The lowest BCUT2D eigenvalue weighted by molar-refractivity contribution is 0.181. The molecule has 0 bridgehead atoms. The van der Waals surface area contributed by atoms with Gasteiger partial charge in [-0.2, -0.15) is 9.76 Å². The highest BCUT2D eigenvalue weighted by molar-refractivity contribution is 7.89. The number of H-pyrrole nitrogens is 1. The lowest BCUT2D eigenvalue weighted by Crippen LogP contribution is -2.35. The second-order valence-electron chi connectivity index (χ2n) is 8.73. The second-order valence-corrected chi connectivity index (χ2v) is 9.86. The van der Waals surface area contributed by atoms with Crippen molar-refractivity contribution in [3.8, 4) is 0 Å². The van der Waals surface area contributed by atoms with Crippen molar-refractivity contribution >= 4 is 28.0 Å². The van der Waals surface area contributed by atoms with Crippen LogP contribution >= 0.6 is 0 Å². The van der Waals surface area contributed by atoms with E-state index in [9.17, 15) is 4.21 Å². The van der Waals surface area contributed by atoms with Crippen LogP contribution in [-0.2, 0) is 15.4 Å². The molecule has 162 valence electrons. The van der Waals surface area contributed by atoms with Crippen molar-refractivity contribution in [3.63, 3.8) is 0 Å². The van der Waals surface area contributed by atoms with Crippen LogP contribution in [0.4, 0.5) is 5.95 Å². The van der Waals surface area contributed by atoms with Gasteiger partial charge in [0.05, 0.1) is 15.9 Å². The van der Waals surface area contributed by atoms with Gasteiger partial charge in [-0.3, -0.25) is 0 Å². The summed E-state index contributed by atoms with van der Waals surface area (Å²) in [5.74, 6) is 2.26. The van der Waals surface area contributed by atoms with Crippen LogP contribution in [0.15, 0.2) is 4.52 Å². The Hall–Kier alpha value is -1.97. The normalized spacial score (nSPS) is 22.7. The first-order valence-electron chi connectivity index (χ1n) is 10.9. The maximum absolute atomic E-state index is 13.2. The zero-order valence-corrected chi connectivity index (χ0v) is 18.3. The third-order valence-electron chi connectivity index (χ3n) is 6.33. The predicted molar refractivity (Wildman–Crippen MR) is 115 cm³/mol. The molecule has 2 aromatic heterocycles. The first-order chi connectivity index (χ1) is 14.6. The van der Waals surface area contributed by atoms with Gasteiger partial charge in [-0.25, -0.2) is 9.19 Å². The molecule has 0 saturated heterocycles. The van der Waals surface area contributed by atoms with E-state index in [0.717, 1.165) is 59.0 Å². The van der Waals surface area contributed by atoms with Crippen molar-refractivity contribution in [1.29, 1.82) is 0 Å². The number of fused-ring (bicyclic) bond motifs is 1. The molecule has 2 aromatic rings. The molecular weight excluding hydrogens is 402 g/mol. The molecule has 2 saturated carbocycles. The van der Waals surface area contributed by atoms with Gasteiger partial charge in [-0.15, -0.1) is 0 Å². The smallest absolute Gasteiger partial charge is 0.204 e. The Bertz CT molecular complexity index is 1050. The number of rotatable bonds is 8. The van der Waals surface area contributed by atoms with Crippen molar-refractivity contribution in [1.82, 2.24) is 20.6 Å². The minimum absolute atomic E-state index is 0.00881. The second kappa shape index (κ2) is 8.28. The zero-order valence-electron chi connectivity index (χ0n) is 17.5. The van der Waals surface area contributed by atoms with Crippen LogP contribution < -0.4 is 21.5 Å². The number of imidazole rings is 1. The lowest BCUT2D eigenvalue weighted by atomic mass is 9.91. The first kappa shape index (κ1) is 20.0. The van der Waals surface area contributed by atoms with Crippen LogP contribution in [0.3, 0.4) is 0 Å². The number of hydrogen-bond acceptors (Lipinski definition) is 7. The van der Waals surface area contributed by atoms with Gasteiger partial charge in [-0.1, -0.05) is 24.1 Å². The van der Waals surface area contributed by atoms with Gasteiger partial charge in [-0.05, 0) is 51.9 Å². The van der Waals surface area contributed by atoms with Crippen molar-refractivity contribution < 1.29 is 13.0 Å². The van der Waals surface area contributed by atoms with Gasteiger partial charge in [0.1, 0.15) is 11.1 Å². The van der Waals surface area contributed by atoms with Gasteiger partial charge in [0.2, 0.25) is 17.0 Å². The SMILES string of the molecule is Cc1noc(C)c1C1C=c2[nH]c(NCC3CC3)nc2=C(S(=O)ONC2CCCC2)C1. The van der Waals surface area contributed by atoms with E-state index in [2.05, 4.69) is 27.0 Å². The number of aryl methyl sites for hydroxylation is 2. The minimum atomic E-state index is -1.62. The summed E-state index contributed by atoms with van der Waals surface area (Å²) in [5, 5.41) is 9.09. The summed E-state index contributed by atoms with van der Waals surface area (Å²) in [4.78, 5) is 8.78. The molecule has 30 heavy (non-hydrogen) atoms. The quantitative estimate of drug-likeness (QED) is 0.549. The Morgan fingerprint density at radius 1 is 1.27 bits per heavy atom. The molecule has 8 nitrogen and oxygen atoms in total.